The molecule has 6 nitrogen and oxygen atoms in total. The van der Waals surface area contributed by atoms with Crippen molar-refractivity contribution >= 4 is 23.1 Å². The fourth-order valence-electron chi connectivity index (χ4n) is 5.25. The SMILES string of the molecule is COc1ccc([C@H]2c3cccn3-c3sc4c(c3CN2C(=O)Nc2cccc(F)c2)CCN(C)C4)cc1. The van der Waals surface area contributed by atoms with Gasteiger partial charge >= 0.3 is 6.03 Å². The predicted molar refractivity (Wildman–Crippen MR) is 139 cm³/mol. The number of halogens is 1. The summed E-state index contributed by atoms with van der Waals surface area (Å²) < 4.78 is 21.5. The van der Waals surface area contributed by atoms with Crippen LogP contribution in [0.15, 0.2) is 66.9 Å². The number of fused-ring (bicyclic) bond motifs is 5. The number of carbonyl (C=O) groups is 1. The molecule has 1 atom stereocenters. The summed E-state index contributed by atoms with van der Waals surface area (Å²) in [7, 11) is 3.79. The molecule has 184 valence electrons. The van der Waals surface area contributed by atoms with Crippen LogP contribution in [0.1, 0.15) is 33.3 Å². The van der Waals surface area contributed by atoms with Crippen molar-refractivity contribution in [2.45, 2.75) is 25.6 Å². The summed E-state index contributed by atoms with van der Waals surface area (Å²) in [6, 6.07) is 17.4. The standard InChI is InChI=1S/C28H27FN4O2S/c1-31-14-12-22-23-16-33(28(34)30-20-6-3-5-19(29)15-20)26(18-8-10-21(35-2)11-9-18)24-7-4-13-32(24)27(23)36-25(22)17-31/h3-11,13,15,26H,12,14,16-17H2,1-2H3,(H,30,34)/t26-/m0/s1. The van der Waals surface area contributed by atoms with E-state index >= 15 is 0 Å². The number of benzene rings is 2. The van der Waals surface area contributed by atoms with Gasteiger partial charge in [0.25, 0.3) is 0 Å². The molecule has 0 saturated carbocycles. The van der Waals surface area contributed by atoms with Gasteiger partial charge in [0.2, 0.25) is 0 Å². The maximum absolute atomic E-state index is 13.9. The number of ether oxygens (including phenoxy) is 1. The van der Waals surface area contributed by atoms with Gasteiger partial charge in [-0.3, -0.25) is 0 Å². The highest BCUT2D eigenvalue weighted by molar-refractivity contribution is 7.15. The maximum Gasteiger partial charge on any atom is 0.322 e. The van der Waals surface area contributed by atoms with Gasteiger partial charge in [0, 0.05) is 35.4 Å². The Hall–Kier alpha value is -3.62. The summed E-state index contributed by atoms with van der Waals surface area (Å²) in [4.78, 5) is 19.4. The number of nitrogens with one attached hydrogen (secondary N) is 1. The van der Waals surface area contributed by atoms with Crippen LogP contribution in [0.3, 0.4) is 0 Å². The second-order valence-electron chi connectivity index (χ2n) is 9.32. The zero-order chi connectivity index (χ0) is 24.8. The molecule has 4 heterocycles. The van der Waals surface area contributed by atoms with E-state index < -0.39 is 0 Å². The first-order chi connectivity index (χ1) is 17.5. The minimum absolute atomic E-state index is 0.269. The number of nitrogens with zero attached hydrogens (tertiary/aromatic N) is 3. The quantitative estimate of drug-likeness (QED) is 0.385. The van der Waals surface area contributed by atoms with Crippen LogP contribution >= 0.6 is 11.3 Å². The number of anilines is 1. The van der Waals surface area contributed by atoms with Crippen LogP contribution in [-0.4, -0.2) is 41.1 Å². The molecule has 2 aromatic carbocycles. The molecule has 36 heavy (non-hydrogen) atoms. The normalized spacial score (nSPS) is 17.1. The van der Waals surface area contributed by atoms with Gasteiger partial charge in [0.05, 0.1) is 25.4 Å². The molecule has 1 N–H and O–H groups in total. The highest BCUT2D eigenvalue weighted by Crippen LogP contribution is 2.43. The number of carbonyl (C=O) groups excluding carboxylic acids is 1. The summed E-state index contributed by atoms with van der Waals surface area (Å²) in [6.07, 6.45) is 3.05. The Morgan fingerprint density at radius 2 is 1.92 bits per heavy atom. The highest BCUT2D eigenvalue weighted by atomic mass is 32.1. The first-order valence-corrected chi connectivity index (χ1v) is 12.8. The molecular formula is C28H27FN4O2S. The number of hydrogen-bond donors (Lipinski definition) is 1. The Labute approximate surface area is 213 Å². The number of rotatable bonds is 3. The van der Waals surface area contributed by atoms with Crippen molar-refractivity contribution in [3.05, 3.63) is 99.9 Å². The van der Waals surface area contributed by atoms with Crippen molar-refractivity contribution < 1.29 is 13.9 Å². The van der Waals surface area contributed by atoms with Crippen molar-refractivity contribution in [1.82, 2.24) is 14.4 Å². The molecule has 0 saturated heterocycles. The molecule has 2 aromatic heterocycles. The molecule has 2 aliphatic heterocycles. The number of urea groups is 1. The number of thiophene rings is 1. The predicted octanol–water partition coefficient (Wildman–Crippen LogP) is 5.81. The molecule has 0 radical (unpaired) electrons. The van der Waals surface area contributed by atoms with Gasteiger partial charge in [0.1, 0.15) is 16.6 Å². The first kappa shape index (κ1) is 22.8. The van der Waals surface area contributed by atoms with Gasteiger partial charge in [0.15, 0.2) is 0 Å². The van der Waals surface area contributed by atoms with Crippen LogP contribution in [0.2, 0.25) is 0 Å². The Morgan fingerprint density at radius 1 is 1.08 bits per heavy atom. The molecule has 0 unspecified atom stereocenters. The number of likely N-dealkylation sites (N-methyl/N-ethyl adjacent to an activating group) is 1. The van der Waals surface area contributed by atoms with E-state index in [2.05, 4.69) is 34.1 Å². The van der Waals surface area contributed by atoms with Crippen LogP contribution in [0.5, 0.6) is 5.75 Å². The lowest BCUT2D eigenvalue weighted by atomic mass is 10.00. The van der Waals surface area contributed by atoms with Gasteiger partial charge in [-0.15, -0.1) is 11.3 Å². The van der Waals surface area contributed by atoms with Gasteiger partial charge in [-0.05, 0) is 67.1 Å². The minimum atomic E-state index is -0.387. The van der Waals surface area contributed by atoms with Crippen LogP contribution < -0.4 is 10.1 Å². The smallest absolute Gasteiger partial charge is 0.322 e. The van der Waals surface area contributed by atoms with E-state index in [0.717, 1.165) is 36.5 Å². The van der Waals surface area contributed by atoms with Gasteiger partial charge in [-0.25, -0.2) is 9.18 Å². The van der Waals surface area contributed by atoms with Crippen molar-refractivity contribution in [1.29, 1.82) is 0 Å². The van der Waals surface area contributed by atoms with E-state index in [-0.39, 0.29) is 17.9 Å². The molecule has 6 rings (SSSR count). The first-order valence-electron chi connectivity index (χ1n) is 12.0. The molecule has 2 amide bonds. The Morgan fingerprint density at radius 3 is 2.69 bits per heavy atom. The number of aromatic nitrogens is 1. The van der Waals surface area contributed by atoms with Crippen molar-refractivity contribution in [2.24, 2.45) is 0 Å². The van der Waals surface area contributed by atoms with Crippen LogP contribution in [0.25, 0.3) is 5.00 Å². The monoisotopic (exact) mass is 502 g/mol. The molecular weight excluding hydrogens is 475 g/mol. The topological polar surface area (TPSA) is 49.7 Å². The summed E-state index contributed by atoms with van der Waals surface area (Å²) in [5.41, 5.74) is 4.98. The highest BCUT2D eigenvalue weighted by Gasteiger charge is 2.36. The fourth-order valence-corrected chi connectivity index (χ4v) is 6.69. The second-order valence-corrected chi connectivity index (χ2v) is 10.4. The second kappa shape index (κ2) is 9.11. The molecule has 0 bridgehead atoms. The third-order valence-corrected chi connectivity index (χ3v) is 8.28. The molecule has 2 aliphatic rings. The molecule has 8 heteroatoms. The number of methoxy groups -OCH3 is 1. The third kappa shape index (κ3) is 3.96. The Bertz CT molecular complexity index is 1430. The Balaban J connectivity index is 1.48. The fraction of sp³-hybridized carbons (Fsp3) is 0.250. The summed E-state index contributed by atoms with van der Waals surface area (Å²) in [5, 5.41) is 4.12. The summed E-state index contributed by atoms with van der Waals surface area (Å²) in [5.74, 6) is 0.373. The van der Waals surface area contributed by atoms with E-state index in [1.807, 2.05) is 46.6 Å². The zero-order valence-corrected chi connectivity index (χ0v) is 21.0. The maximum atomic E-state index is 13.9. The third-order valence-electron chi connectivity index (χ3n) is 7.02. The summed E-state index contributed by atoms with van der Waals surface area (Å²) in [6.45, 7) is 2.37. The van der Waals surface area contributed by atoms with E-state index in [9.17, 15) is 9.18 Å². The van der Waals surface area contributed by atoms with Crippen LogP contribution in [0, 0.1) is 5.82 Å². The minimum Gasteiger partial charge on any atom is -0.497 e. The largest absolute Gasteiger partial charge is 0.497 e. The van der Waals surface area contributed by atoms with Crippen molar-refractivity contribution in [2.75, 3.05) is 26.0 Å². The number of amides is 2. The van der Waals surface area contributed by atoms with Crippen LogP contribution in [-0.2, 0) is 19.5 Å². The van der Waals surface area contributed by atoms with E-state index in [1.54, 1.807) is 19.2 Å². The average molecular weight is 503 g/mol. The number of hydrogen-bond acceptors (Lipinski definition) is 4. The summed E-state index contributed by atoms with van der Waals surface area (Å²) >= 11 is 1.82. The van der Waals surface area contributed by atoms with E-state index in [0.29, 0.717) is 12.2 Å². The van der Waals surface area contributed by atoms with Crippen LogP contribution in [0.4, 0.5) is 14.9 Å². The van der Waals surface area contributed by atoms with Crippen molar-refractivity contribution in [3.63, 3.8) is 0 Å². The van der Waals surface area contributed by atoms with E-state index in [4.69, 9.17) is 4.74 Å². The average Bonchev–Trinajstić information content (AvgIpc) is 3.45. The molecule has 0 spiro atoms. The lowest BCUT2D eigenvalue weighted by Gasteiger charge is -2.32. The Kier molecular flexibility index (Phi) is 5.78. The van der Waals surface area contributed by atoms with Crippen molar-refractivity contribution in [3.8, 4) is 10.8 Å². The molecule has 0 aliphatic carbocycles. The van der Waals surface area contributed by atoms with Gasteiger partial charge in [-0.1, -0.05) is 18.2 Å². The molecule has 0 fully saturated rings. The lowest BCUT2D eigenvalue weighted by Crippen LogP contribution is -2.38. The molecule has 4 aromatic rings. The van der Waals surface area contributed by atoms with Gasteiger partial charge in [-0.2, -0.15) is 0 Å². The zero-order valence-electron chi connectivity index (χ0n) is 20.2. The van der Waals surface area contributed by atoms with Gasteiger partial charge < -0.3 is 24.4 Å². The lowest BCUT2D eigenvalue weighted by molar-refractivity contribution is 0.194. The van der Waals surface area contributed by atoms with E-state index in [1.165, 1.54) is 33.1 Å².